The number of aromatic nitrogens is 3. The van der Waals surface area contributed by atoms with E-state index in [1.165, 1.54) is 0 Å². The van der Waals surface area contributed by atoms with E-state index in [1.54, 1.807) is 6.20 Å². The number of nitrogens with zero attached hydrogens (tertiary/aromatic N) is 2. The standard InChI is InChI=1S/C9H11N5/c1-2-10-5-8-7(1)13-9(14-8)6-3-11-12-4-6/h1-2,5-6,11-12H,3-4H2,(H,13,14). The summed E-state index contributed by atoms with van der Waals surface area (Å²) in [7, 11) is 0. The molecule has 1 saturated heterocycles. The van der Waals surface area contributed by atoms with Crippen molar-refractivity contribution < 1.29 is 0 Å². The molecular formula is C9H11N5. The number of imidazole rings is 1. The molecule has 0 unspecified atom stereocenters. The lowest BCUT2D eigenvalue weighted by atomic mass is 10.1. The summed E-state index contributed by atoms with van der Waals surface area (Å²) in [6.45, 7) is 1.85. The highest BCUT2D eigenvalue weighted by atomic mass is 15.4. The van der Waals surface area contributed by atoms with Gasteiger partial charge in [0.15, 0.2) is 0 Å². The molecule has 14 heavy (non-hydrogen) atoms. The quantitative estimate of drug-likeness (QED) is 0.597. The monoisotopic (exact) mass is 189 g/mol. The Morgan fingerprint density at radius 3 is 2.93 bits per heavy atom. The van der Waals surface area contributed by atoms with E-state index < -0.39 is 0 Å². The minimum atomic E-state index is 0.433. The van der Waals surface area contributed by atoms with Gasteiger partial charge in [-0.2, -0.15) is 0 Å². The number of fused-ring (bicyclic) bond motifs is 1. The molecule has 0 spiro atoms. The maximum atomic E-state index is 4.52. The number of hydrogen-bond donors (Lipinski definition) is 3. The molecule has 1 fully saturated rings. The van der Waals surface area contributed by atoms with Gasteiger partial charge in [0, 0.05) is 25.2 Å². The molecule has 5 heteroatoms. The molecular weight excluding hydrogens is 178 g/mol. The van der Waals surface area contributed by atoms with Crippen LogP contribution in [0.15, 0.2) is 18.5 Å². The van der Waals surface area contributed by atoms with Crippen LogP contribution in [0, 0.1) is 0 Å². The van der Waals surface area contributed by atoms with Crippen molar-refractivity contribution in [2.45, 2.75) is 5.92 Å². The minimum Gasteiger partial charge on any atom is -0.340 e. The highest BCUT2D eigenvalue weighted by Crippen LogP contribution is 2.17. The third kappa shape index (κ3) is 1.18. The molecule has 3 heterocycles. The van der Waals surface area contributed by atoms with E-state index in [2.05, 4.69) is 25.8 Å². The molecule has 5 nitrogen and oxygen atoms in total. The summed E-state index contributed by atoms with van der Waals surface area (Å²) in [5, 5.41) is 0. The van der Waals surface area contributed by atoms with E-state index in [4.69, 9.17) is 0 Å². The predicted molar refractivity (Wildman–Crippen MR) is 52.6 cm³/mol. The Morgan fingerprint density at radius 2 is 2.14 bits per heavy atom. The lowest BCUT2D eigenvalue weighted by molar-refractivity contribution is 0.689. The molecule has 0 saturated carbocycles. The van der Waals surface area contributed by atoms with Gasteiger partial charge < -0.3 is 4.98 Å². The van der Waals surface area contributed by atoms with Crippen LogP contribution in [0.4, 0.5) is 0 Å². The molecule has 0 atom stereocenters. The molecule has 2 aromatic rings. The number of hydrazine groups is 1. The second-order valence-electron chi connectivity index (χ2n) is 3.47. The first-order valence-corrected chi connectivity index (χ1v) is 4.69. The second kappa shape index (κ2) is 3.04. The van der Waals surface area contributed by atoms with E-state index in [0.717, 1.165) is 29.9 Å². The van der Waals surface area contributed by atoms with Crippen LogP contribution in [-0.2, 0) is 0 Å². The molecule has 0 bridgehead atoms. The van der Waals surface area contributed by atoms with Crippen molar-refractivity contribution in [3.63, 3.8) is 0 Å². The third-order valence-corrected chi connectivity index (χ3v) is 2.51. The van der Waals surface area contributed by atoms with Crippen LogP contribution in [-0.4, -0.2) is 28.0 Å². The molecule has 72 valence electrons. The molecule has 0 amide bonds. The number of aromatic amines is 1. The maximum absolute atomic E-state index is 4.52. The van der Waals surface area contributed by atoms with Gasteiger partial charge in [0.2, 0.25) is 0 Å². The van der Waals surface area contributed by atoms with Crippen molar-refractivity contribution in [1.29, 1.82) is 0 Å². The zero-order valence-corrected chi connectivity index (χ0v) is 7.62. The number of rotatable bonds is 1. The van der Waals surface area contributed by atoms with Gasteiger partial charge in [-0.15, -0.1) is 0 Å². The fourth-order valence-electron chi connectivity index (χ4n) is 1.73. The summed E-state index contributed by atoms with van der Waals surface area (Å²) in [4.78, 5) is 11.9. The van der Waals surface area contributed by atoms with Crippen LogP contribution >= 0.6 is 0 Å². The maximum Gasteiger partial charge on any atom is 0.113 e. The van der Waals surface area contributed by atoms with Crippen molar-refractivity contribution in [3.8, 4) is 0 Å². The van der Waals surface area contributed by atoms with Crippen LogP contribution in [0.3, 0.4) is 0 Å². The number of pyridine rings is 1. The van der Waals surface area contributed by atoms with E-state index in [0.29, 0.717) is 5.92 Å². The van der Waals surface area contributed by atoms with Gasteiger partial charge in [-0.3, -0.25) is 15.8 Å². The second-order valence-corrected chi connectivity index (χ2v) is 3.47. The van der Waals surface area contributed by atoms with Gasteiger partial charge in [0.05, 0.1) is 17.2 Å². The summed E-state index contributed by atoms with van der Waals surface area (Å²) in [5.41, 5.74) is 8.18. The number of hydrogen-bond acceptors (Lipinski definition) is 4. The molecule has 2 aromatic heterocycles. The normalized spacial score (nSPS) is 18.0. The fourth-order valence-corrected chi connectivity index (χ4v) is 1.73. The van der Waals surface area contributed by atoms with E-state index in [-0.39, 0.29) is 0 Å². The Bertz CT molecular complexity index is 410. The first-order chi connectivity index (χ1) is 6.93. The van der Waals surface area contributed by atoms with Gasteiger partial charge in [0.1, 0.15) is 5.82 Å². The smallest absolute Gasteiger partial charge is 0.113 e. The molecule has 3 N–H and O–H groups in total. The Labute approximate surface area is 80.9 Å². The van der Waals surface area contributed by atoms with Crippen LogP contribution in [0.2, 0.25) is 0 Å². The highest BCUT2D eigenvalue weighted by molar-refractivity contribution is 5.73. The molecule has 1 aliphatic heterocycles. The summed E-state index contributed by atoms with van der Waals surface area (Å²) >= 11 is 0. The molecule has 0 aliphatic carbocycles. The van der Waals surface area contributed by atoms with Gasteiger partial charge in [-0.1, -0.05) is 0 Å². The SMILES string of the molecule is c1cc2nc(C3CNNC3)[nH]c2cn1. The summed E-state index contributed by atoms with van der Waals surface area (Å²) in [6, 6.07) is 1.92. The Hall–Kier alpha value is -1.46. The fraction of sp³-hybridized carbons (Fsp3) is 0.333. The van der Waals surface area contributed by atoms with Crippen molar-refractivity contribution in [1.82, 2.24) is 25.8 Å². The average molecular weight is 189 g/mol. The summed E-state index contributed by atoms with van der Waals surface area (Å²) in [6.07, 6.45) is 3.57. The lowest BCUT2D eigenvalue weighted by Crippen LogP contribution is -2.21. The van der Waals surface area contributed by atoms with E-state index >= 15 is 0 Å². The van der Waals surface area contributed by atoms with Crippen molar-refractivity contribution >= 4 is 11.0 Å². The zero-order chi connectivity index (χ0) is 9.38. The van der Waals surface area contributed by atoms with Gasteiger partial charge in [0.25, 0.3) is 0 Å². The number of H-pyrrole nitrogens is 1. The van der Waals surface area contributed by atoms with Crippen molar-refractivity contribution in [3.05, 3.63) is 24.3 Å². The topological polar surface area (TPSA) is 65.6 Å². The van der Waals surface area contributed by atoms with E-state index in [9.17, 15) is 0 Å². The molecule has 3 rings (SSSR count). The third-order valence-electron chi connectivity index (χ3n) is 2.51. The zero-order valence-electron chi connectivity index (χ0n) is 7.62. The molecule has 1 aliphatic rings. The van der Waals surface area contributed by atoms with Crippen molar-refractivity contribution in [2.24, 2.45) is 0 Å². The van der Waals surface area contributed by atoms with Gasteiger partial charge in [-0.05, 0) is 6.07 Å². The predicted octanol–water partition coefficient (Wildman–Crippen LogP) is 0.149. The average Bonchev–Trinajstić information content (AvgIpc) is 2.86. The minimum absolute atomic E-state index is 0.433. The first kappa shape index (κ1) is 7.90. The molecule has 0 radical (unpaired) electrons. The van der Waals surface area contributed by atoms with Crippen LogP contribution in [0.25, 0.3) is 11.0 Å². The summed E-state index contributed by atoms with van der Waals surface area (Å²) in [5.74, 6) is 1.47. The Balaban J connectivity index is 2.05. The van der Waals surface area contributed by atoms with Gasteiger partial charge in [-0.25, -0.2) is 4.98 Å². The van der Waals surface area contributed by atoms with E-state index in [1.807, 2.05) is 12.3 Å². The Kier molecular flexibility index (Phi) is 1.71. The van der Waals surface area contributed by atoms with Crippen LogP contribution in [0.1, 0.15) is 11.7 Å². The lowest BCUT2D eigenvalue weighted by Gasteiger charge is -2.00. The van der Waals surface area contributed by atoms with Crippen LogP contribution in [0.5, 0.6) is 0 Å². The molecule has 0 aromatic carbocycles. The Morgan fingerprint density at radius 1 is 1.29 bits per heavy atom. The number of nitrogens with one attached hydrogen (secondary N) is 3. The van der Waals surface area contributed by atoms with Crippen LogP contribution < -0.4 is 10.9 Å². The largest absolute Gasteiger partial charge is 0.340 e. The van der Waals surface area contributed by atoms with Crippen molar-refractivity contribution in [2.75, 3.05) is 13.1 Å². The first-order valence-electron chi connectivity index (χ1n) is 4.69. The summed E-state index contributed by atoms with van der Waals surface area (Å²) < 4.78 is 0. The highest BCUT2D eigenvalue weighted by Gasteiger charge is 2.19. The van der Waals surface area contributed by atoms with Gasteiger partial charge >= 0.3 is 0 Å².